The van der Waals surface area contributed by atoms with E-state index in [-0.39, 0.29) is 11.7 Å². The molecule has 0 aliphatic heterocycles. The zero-order valence-corrected chi connectivity index (χ0v) is 16.9. The van der Waals surface area contributed by atoms with Crippen LogP contribution in [0.2, 0.25) is 0 Å². The number of benzene rings is 1. The van der Waals surface area contributed by atoms with E-state index < -0.39 is 11.9 Å². The van der Waals surface area contributed by atoms with E-state index in [0.717, 1.165) is 11.5 Å². The van der Waals surface area contributed by atoms with Crippen LogP contribution in [-0.2, 0) is 4.79 Å². The third-order valence-corrected chi connectivity index (χ3v) is 4.43. The van der Waals surface area contributed by atoms with Crippen molar-refractivity contribution in [2.75, 3.05) is 31.8 Å². The first-order valence-electron chi connectivity index (χ1n) is 9.10. The van der Waals surface area contributed by atoms with Crippen LogP contribution in [0.5, 0.6) is 11.5 Å². The number of hydrogen-bond donors (Lipinski definition) is 2. The molecule has 0 fully saturated rings. The van der Waals surface area contributed by atoms with Gasteiger partial charge >= 0.3 is 0 Å². The lowest BCUT2D eigenvalue weighted by Gasteiger charge is -2.17. The van der Waals surface area contributed by atoms with Gasteiger partial charge in [0.15, 0.2) is 5.76 Å². The zero-order chi connectivity index (χ0) is 20.2. The first-order valence-corrected chi connectivity index (χ1v) is 10.5. The summed E-state index contributed by atoms with van der Waals surface area (Å²) in [5.41, 5.74) is 0. The number of ether oxygens (including phenoxy) is 2. The summed E-state index contributed by atoms with van der Waals surface area (Å²) in [6, 6.07) is 9.86. The fraction of sp³-hybridized carbons (Fsp3) is 0.400. The molecule has 2 amide bonds. The van der Waals surface area contributed by atoms with Gasteiger partial charge in [-0.3, -0.25) is 9.59 Å². The molecule has 1 heterocycles. The number of carbonyl (C=O) groups is 2. The standard InChI is InChI=1S/C20H26N2O5S/c1-3-25-15-6-8-16(9-7-15)26-13-11-21-19(23)17(10-14-28-2)22-20(24)18-5-4-12-27-18/h4-9,12,17H,3,10-11,13-14H2,1-2H3,(H,21,23)(H,22,24). The monoisotopic (exact) mass is 406 g/mol. The molecule has 2 rings (SSSR count). The average molecular weight is 407 g/mol. The molecule has 8 heteroatoms. The third-order valence-electron chi connectivity index (χ3n) is 3.78. The van der Waals surface area contributed by atoms with Gasteiger partial charge in [-0.15, -0.1) is 0 Å². The fourth-order valence-electron chi connectivity index (χ4n) is 2.41. The Labute approximate surface area is 169 Å². The van der Waals surface area contributed by atoms with Gasteiger partial charge in [-0.05, 0) is 61.8 Å². The molecule has 1 atom stereocenters. The minimum Gasteiger partial charge on any atom is -0.494 e. The van der Waals surface area contributed by atoms with Crippen molar-refractivity contribution in [3.8, 4) is 11.5 Å². The zero-order valence-electron chi connectivity index (χ0n) is 16.1. The van der Waals surface area contributed by atoms with Gasteiger partial charge in [-0.25, -0.2) is 0 Å². The van der Waals surface area contributed by atoms with E-state index in [1.54, 1.807) is 23.9 Å². The molecule has 28 heavy (non-hydrogen) atoms. The van der Waals surface area contributed by atoms with Crippen molar-refractivity contribution in [3.63, 3.8) is 0 Å². The van der Waals surface area contributed by atoms with Crippen molar-refractivity contribution in [1.82, 2.24) is 10.6 Å². The molecule has 0 aliphatic rings. The van der Waals surface area contributed by atoms with Gasteiger partial charge in [-0.1, -0.05) is 0 Å². The van der Waals surface area contributed by atoms with Crippen molar-refractivity contribution >= 4 is 23.6 Å². The Hall–Kier alpha value is -2.61. The van der Waals surface area contributed by atoms with Crippen molar-refractivity contribution in [1.29, 1.82) is 0 Å². The van der Waals surface area contributed by atoms with Gasteiger partial charge in [0.2, 0.25) is 5.91 Å². The highest BCUT2D eigenvalue weighted by Crippen LogP contribution is 2.17. The second kappa shape index (κ2) is 12.0. The molecule has 1 aromatic heterocycles. The lowest BCUT2D eigenvalue weighted by atomic mass is 10.2. The molecule has 0 bridgehead atoms. The van der Waals surface area contributed by atoms with Gasteiger partial charge in [0.25, 0.3) is 5.91 Å². The summed E-state index contributed by atoms with van der Waals surface area (Å²) in [6.45, 7) is 3.19. The second-order valence-corrected chi connectivity index (χ2v) is 6.81. The second-order valence-electron chi connectivity index (χ2n) is 5.83. The van der Waals surface area contributed by atoms with E-state index in [1.807, 2.05) is 37.4 Å². The molecule has 0 saturated heterocycles. The summed E-state index contributed by atoms with van der Waals surface area (Å²) in [4.78, 5) is 24.6. The Morgan fingerprint density at radius 2 is 1.86 bits per heavy atom. The SMILES string of the molecule is CCOc1ccc(OCCNC(=O)C(CCSC)NC(=O)c2ccco2)cc1. The minimum atomic E-state index is -0.629. The molecular formula is C20H26N2O5S. The smallest absolute Gasteiger partial charge is 0.287 e. The number of hydrogen-bond acceptors (Lipinski definition) is 6. The molecule has 0 aliphatic carbocycles. The molecule has 0 radical (unpaired) electrons. The molecule has 2 N–H and O–H groups in total. The number of nitrogens with one attached hydrogen (secondary N) is 2. The number of carbonyl (C=O) groups excluding carboxylic acids is 2. The third kappa shape index (κ3) is 7.19. The molecule has 1 aromatic carbocycles. The van der Waals surface area contributed by atoms with Gasteiger partial charge < -0.3 is 24.5 Å². The lowest BCUT2D eigenvalue weighted by Crippen LogP contribution is -2.47. The maximum atomic E-state index is 12.4. The quantitative estimate of drug-likeness (QED) is 0.527. The molecule has 1 unspecified atom stereocenters. The topological polar surface area (TPSA) is 89.8 Å². The Morgan fingerprint density at radius 3 is 2.46 bits per heavy atom. The van der Waals surface area contributed by atoms with Crippen molar-refractivity contribution in [2.24, 2.45) is 0 Å². The van der Waals surface area contributed by atoms with Crippen molar-refractivity contribution in [2.45, 2.75) is 19.4 Å². The van der Waals surface area contributed by atoms with Gasteiger partial charge in [0.05, 0.1) is 19.4 Å². The highest BCUT2D eigenvalue weighted by Gasteiger charge is 2.21. The summed E-state index contributed by atoms with van der Waals surface area (Å²) in [7, 11) is 0. The van der Waals surface area contributed by atoms with Crippen LogP contribution >= 0.6 is 11.8 Å². The van der Waals surface area contributed by atoms with Crippen LogP contribution in [0.25, 0.3) is 0 Å². The first-order chi connectivity index (χ1) is 13.6. The minimum absolute atomic E-state index is 0.181. The number of rotatable bonds is 12. The van der Waals surface area contributed by atoms with Crippen molar-refractivity contribution in [3.05, 3.63) is 48.4 Å². The predicted octanol–water partition coefficient (Wildman–Crippen LogP) is 2.73. The molecular weight excluding hydrogens is 380 g/mol. The van der Waals surface area contributed by atoms with E-state index in [1.165, 1.54) is 6.26 Å². The van der Waals surface area contributed by atoms with E-state index in [0.29, 0.717) is 31.9 Å². The Balaban J connectivity index is 1.77. The Kier molecular flexibility index (Phi) is 9.27. The summed E-state index contributed by atoms with van der Waals surface area (Å²) in [5, 5.41) is 5.52. The molecule has 2 aromatic rings. The van der Waals surface area contributed by atoms with Crippen LogP contribution in [0.3, 0.4) is 0 Å². The van der Waals surface area contributed by atoms with Crippen LogP contribution in [0, 0.1) is 0 Å². The van der Waals surface area contributed by atoms with Crippen LogP contribution in [0.4, 0.5) is 0 Å². The maximum absolute atomic E-state index is 12.4. The number of amides is 2. The summed E-state index contributed by atoms with van der Waals surface area (Å²) in [5.74, 6) is 1.76. The van der Waals surface area contributed by atoms with E-state index >= 15 is 0 Å². The lowest BCUT2D eigenvalue weighted by molar-refractivity contribution is -0.123. The van der Waals surface area contributed by atoms with Crippen LogP contribution in [0.1, 0.15) is 23.9 Å². The van der Waals surface area contributed by atoms with Crippen LogP contribution in [0.15, 0.2) is 47.1 Å². The van der Waals surface area contributed by atoms with E-state index in [4.69, 9.17) is 13.9 Å². The first kappa shape index (κ1) is 21.7. The van der Waals surface area contributed by atoms with E-state index in [9.17, 15) is 9.59 Å². The van der Waals surface area contributed by atoms with E-state index in [2.05, 4.69) is 10.6 Å². The molecule has 152 valence electrons. The normalized spacial score (nSPS) is 11.5. The largest absolute Gasteiger partial charge is 0.494 e. The fourth-order valence-corrected chi connectivity index (χ4v) is 2.88. The van der Waals surface area contributed by atoms with Gasteiger partial charge in [0, 0.05) is 0 Å². The molecule has 0 saturated carbocycles. The van der Waals surface area contributed by atoms with Gasteiger partial charge in [-0.2, -0.15) is 11.8 Å². The summed E-state index contributed by atoms with van der Waals surface area (Å²) >= 11 is 1.61. The number of furan rings is 1. The maximum Gasteiger partial charge on any atom is 0.287 e. The summed E-state index contributed by atoms with van der Waals surface area (Å²) in [6.07, 6.45) is 3.90. The van der Waals surface area contributed by atoms with Crippen molar-refractivity contribution < 1.29 is 23.5 Å². The average Bonchev–Trinajstić information content (AvgIpc) is 3.24. The summed E-state index contributed by atoms with van der Waals surface area (Å²) < 4.78 is 16.1. The molecule has 0 spiro atoms. The Bertz CT molecular complexity index is 719. The highest BCUT2D eigenvalue weighted by molar-refractivity contribution is 7.98. The molecule has 7 nitrogen and oxygen atoms in total. The van der Waals surface area contributed by atoms with Crippen LogP contribution < -0.4 is 20.1 Å². The highest BCUT2D eigenvalue weighted by atomic mass is 32.2. The Morgan fingerprint density at radius 1 is 1.14 bits per heavy atom. The number of thioether (sulfide) groups is 1. The van der Waals surface area contributed by atoms with Gasteiger partial charge in [0.1, 0.15) is 24.1 Å². The predicted molar refractivity (Wildman–Crippen MR) is 109 cm³/mol. The van der Waals surface area contributed by atoms with Crippen LogP contribution in [-0.4, -0.2) is 49.6 Å².